The van der Waals surface area contributed by atoms with Crippen molar-refractivity contribution in [3.05, 3.63) is 158 Å². The number of hydrogen-bond acceptors (Lipinski definition) is 1. The summed E-state index contributed by atoms with van der Waals surface area (Å²) in [5.74, 6) is 0. The molecule has 0 N–H and O–H groups in total. The van der Waals surface area contributed by atoms with Crippen molar-refractivity contribution in [2.75, 3.05) is 0 Å². The van der Waals surface area contributed by atoms with Gasteiger partial charge in [0.25, 0.3) is 0 Å². The van der Waals surface area contributed by atoms with Crippen LogP contribution in [0.25, 0.3) is 109 Å². The molecular weight excluding hydrogens is 569 g/mol. The Morgan fingerprint density at radius 1 is 0.298 bits per heavy atom. The SMILES string of the molecule is c1ccc2c(c1)ccc1c(-c3cc(-c4ccc5ccc6cccc7ccc4c5c67)c4oc5ccc6ccccc6c5c4c3)cccc12. The van der Waals surface area contributed by atoms with Crippen molar-refractivity contribution < 1.29 is 4.42 Å². The summed E-state index contributed by atoms with van der Waals surface area (Å²) in [6.07, 6.45) is 0. The molecular formula is C46H26O. The predicted octanol–water partition coefficient (Wildman–Crippen LogP) is 13.3. The van der Waals surface area contributed by atoms with Gasteiger partial charge < -0.3 is 4.42 Å². The predicted molar refractivity (Wildman–Crippen MR) is 201 cm³/mol. The summed E-state index contributed by atoms with van der Waals surface area (Å²) < 4.78 is 6.87. The summed E-state index contributed by atoms with van der Waals surface area (Å²) in [6.45, 7) is 0. The summed E-state index contributed by atoms with van der Waals surface area (Å²) in [6, 6.07) is 57.9. The van der Waals surface area contributed by atoms with Crippen molar-refractivity contribution in [3.8, 4) is 22.3 Å². The van der Waals surface area contributed by atoms with Gasteiger partial charge >= 0.3 is 0 Å². The molecule has 0 saturated heterocycles. The lowest BCUT2D eigenvalue weighted by atomic mass is 9.87. The van der Waals surface area contributed by atoms with Crippen LogP contribution in [-0.2, 0) is 0 Å². The third-order valence-electron chi connectivity index (χ3n) is 10.4. The van der Waals surface area contributed by atoms with E-state index in [1.807, 2.05) is 0 Å². The van der Waals surface area contributed by atoms with E-state index in [-0.39, 0.29) is 0 Å². The maximum Gasteiger partial charge on any atom is 0.143 e. The molecule has 0 aliphatic carbocycles. The summed E-state index contributed by atoms with van der Waals surface area (Å²) in [5.41, 5.74) is 6.57. The molecule has 47 heavy (non-hydrogen) atoms. The van der Waals surface area contributed by atoms with Crippen LogP contribution in [0.1, 0.15) is 0 Å². The maximum atomic E-state index is 6.87. The Labute approximate surface area is 270 Å². The van der Waals surface area contributed by atoms with Crippen molar-refractivity contribution in [1.82, 2.24) is 0 Å². The van der Waals surface area contributed by atoms with Crippen LogP contribution in [-0.4, -0.2) is 0 Å². The second-order valence-electron chi connectivity index (χ2n) is 12.8. The zero-order chi connectivity index (χ0) is 30.6. The molecule has 0 bridgehead atoms. The quantitative estimate of drug-likeness (QED) is 0.182. The average Bonchev–Trinajstić information content (AvgIpc) is 3.52. The molecule has 0 atom stereocenters. The number of benzene rings is 10. The Balaban J connectivity index is 1.30. The number of rotatable bonds is 2. The lowest BCUT2D eigenvalue weighted by Gasteiger charge is -2.16. The zero-order valence-corrected chi connectivity index (χ0v) is 25.4. The largest absolute Gasteiger partial charge is 0.455 e. The minimum Gasteiger partial charge on any atom is -0.455 e. The molecule has 0 radical (unpaired) electrons. The first kappa shape index (κ1) is 25.1. The highest BCUT2D eigenvalue weighted by Crippen LogP contribution is 2.46. The average molecular weight is 595 g/mol. The Hall–Kier alpha value is -6.18. The fourth-order valence-corrected chi connectivity index (χ4v) is 8.27. The second-order valence-corrected chi connectivity index (χ2v) is 12.8. The van der Waals surface area contributed by atoms with Gasteiger partial charge in [-0.1, -0.05) is 140 Å². The topological polar surface area (TPSA) is 13.1 Å². The fraction of sp³-hybridized carbons (Fsp3) is 0. The molecule has 0 fully saturated rings. The van der Waals surface area contributed by atoms with E-state index in [4.69, 9.17) is 4.42 Å². The molecule has 10 aromatic carbocycles. The number of fused-ring (bicyclic) bond motifs is 8. The van der Waals surface area contributed by atoms with E-state index < -0.39 is 0 Å². The van der Waals surface area contributed by atoms with Gasteiger partial charge in [0.2, 0.25) is 0 Å². The van der Waals surface area contributed by atoms with Crippen LogP contribution in [0, 0.1) is 0 Å². The van der Waals surface area contributed by atoms with E-state index in [2.05, 4.69) is 158 Å². The summed E-state index contributed by atoms with van der Waals surface area (Å²) in [4.78, 5) is 0. The van der Waals surface area contributed by atoms with Gasteiger partial charge in [0, 0.05) is 16.3 Å². The van der Waals surface area contributed by atoms with Crippen LogP contribution < -0.4 is 0 Å². The molecule has 216 valence electrons. The first-order valence-electron chi connectivity index (χ1n) is 16.3. The fourth-order valence-electron chi connectivity index (χ4n) is 8.27. The highest BCUT2D eigenvalue weighted by atomic mass is 16.3. The van der Waals surface area contributed by atoms with Crippen LogP contribution in [0.15, 0.2) is 162 Å². The van der Waals surface area contributed by atoms with Crippen molar-refractivity contribution in [1.29, 1.82) is 0 Å². The molecule has 11 rings (SSSR count). The molecule has 0 spiro atoms. The van der Waals surface area contributed by atoms with E-state index in [0.717, 1.165) is 22.1 Å². The van der Waals surface area contributed by atoms with Crippen LogP contribution in [0.5, 0.6) is 0 Å². The second kappa shape index (κ2) is 9.19. The standard InChI is InChI=1S/C46H26O/c1-3-11-33-27(7-1)17-21-37-34(13-6-14-36(33)37)32-25-40(46-41(26-32)45-35-12-4-2-8-28(35)20-24-42(45)47-46)38-22-18-31-16-15-29-9-5-10-30-19-23-39(38)44(31)43(29)30/h1-26H. The Morgan fingerprint density at radius 3 is 1.79 bits per heavy atom. The van der Waals surface area contributed by atoms with Gasteiger partial charge in [0.05, 0.1) is 0 Å². The van der Waals surface area contributed by atoms with Gasteiger partial charge in [0.1, 0.15) is 11.2 Å². The molecule has 1 aromatic heterocycles. The monoisotopic (exact) mass is 594 g/mol. The van der Waals surface area contributed by atoms with Crippen LogP contribution in [0.3, 0.4) is 0 Å². The smallest absolute Gasteiger partial charge is 0.143 e. The maximum absolute atomic E-state index is 6.87. The molecule has 0 amide bonds. The number of furan rings is 1. The van der Waals surface area contributed by atoms with E-state index >= 15 is 0 Å². The minimum atomic E-state index is 0.915. The zero-order valence-electron chi connectivity index (χ0n) is 25.4. The Bertz CT molecular complexity index is 3050. The molecule has 1 heterocycles. The van der Waals surface area contributed by atoms with Crippen LogP contribution in [0.2, 0.25) is 0 Å². The third kappa shape index (κ3) is 3.43. The molecule has 0 unspecified atom stereocenters. The van der Waals surface area contributed by atoms with Gasteiger partial charge in [-0.05, 0) is 99.5 Å². The molecule has 0 aliphatic rings. The van der Waals surface area contributed by atoms with Gasteiger partial charge in [-0.2, -0.15) is 0 Å². The molecule has 0 saturated carbocycles. The van der Waals surface area contributed by atoms with Gasteiger partial charge in [-0.25, -0.2) is 0 Å². The van der Waals surface area contributed by atoms with Crippen molar-refractivity contribution in [3.63, 3.8) is 0 Å². The molecule has 1 nitrogen and oxygen atoms in total. The van der Waals surface area contributed by atoms with E-state index in [0.29, 0.717) is 0 Å². The van der Waals surface area contributed by atoms with Crippen molar-refractivity contribution in [2.45, 2.75) is 0 Å². The van der Waals surface area contributed by atoms with Crippen LogP contribution >= 0.6 is 0 Å². The van der Waals surface area contributed by atoms with Crippen molar-refractivity contribution >= 4 is 86.6 Å². The minimum absolute atomic E-state index is 0.915. The van der Waals surface area contributed by atoms with Crippen LogP contribution in [0.4, 0.5) is 0 Å². The first-order valence-corrected chi connectivity index (χ1v) is 16.3. The summed E-state index contributed by atoms with van der Waals surface area (Å²) in [5, 5.41) is 17.5. The Kier molecular flexibility index (Phi) is 4.90. The first-order chi connectivity index (χ1) is 23.3. The van der Waals surface area contributed by atoms with Gasteiger partial charge in [-0.3, -0.25) is 0 Å². The van der Waals surface area contributed by atoms with E-state index in [1.54, 1.807) is 0 Å². The summed E-state index contributed by atoms with van der Waals surface area (Å²) in [7, 11) is 0. The number of hydrogen-bond donors (Lipinski definition) is 0. The lowest BCUT2D eigenvalue weighted by Crippen LogP contribution is -1.89. The third-order valence-corrected chi connectivity index (χ3v) is 10.4. The highest BCUT2D eigenvalue weighted by molar-refractivity contribution is 6.28. The molecule has 11 aromatic rings. The van der Waals surface area contributed by atoms with Gasteiger partial charge in [0.15, 0.2) is 0 Å². The van der Waals surface area contributed by atoms with Crippen molar-refractivity contribution in [2.24, 2.45) is 0 Å². The molecule has 0 aliphatic heterocycles. The van der Waals surface area contributed by atoms with E-state index in [9.17, 15) is 0 Å². The highest BCUT2D eigenvalue weighted by Gasteiger charge is 2.20. The molecule has 1 heteroatoms. The van der Waals surface area contributed by atoms with E-state index in [1.165, 1.54) is 86.7 Å². The summed E-state index contributed by atoms with van der Waals surface area (Å²) >= 11 is 0. The Morgan fingerprint density at radius 2 is 0.915 bits per heavy atom. The normalized spacial score (nSPS) is 12.3. The lowest BCUT2D eigenvalue weighted by molar-refractivity contribution is 0.670. The van der Waals surface area contributed by atoms with Gasteiger partial charge in [-0.15, -0.1) is 0 Å².